The second-order valence-electron chi connectivity index (χ2n) is 5.29. The van der Waals surface area contributed by atoms with Crippen LogP contribution in [0.5, 0.6) is 11.5 Å². The lowest BCUT2D eigenvalue weighted by molar-refractivity contribution is -0.385. The summed E-state index contributed by atoms with van der Waals surface area (Å²) in [5.41, 5.74) is 1.38. The maximum absolute atomic E-state index is 10.9. The lowest BCUT2D eigenvalue weighted by atomic mass is 10.1. The quantitative estimate of drug-likeness (QED) is 0.313. The molecular formula is C15H11ClN4O5. The summed E-state index contributed by atoms with van der Waals surface area (Å²) in [5, 5.41) is 34.2. The maximum Gasteiger partial charge on any atom is 0.315 e. The number of pyridine rings is 1. The number of phenolic OH excluding ortho intramolecular Hbond substituents is 2. The zero-order valence-corrected chi connectivity index (χ0v) is 13.8. The summed E-state index contributed by atoms with van der Waals surface area (Å²) in [6.07, 6.45) is 0. The Bertz CT molecular complexity index is 979. The molecular weight excluding hydrogens is 352 g/mol. The Labute approximate surface area is 145 Å². The molecule has 3 aromatic rings. The van der Waals surface area contributed by atoms with Gasteiger partial charge in [-0.05, 0) is 31.5 Å². The highest BCUT2D eigenvalue weighted by molar-refractivity contribution is 6.32. The van der Waals surface area contributed by atoms with Crippen molar-refractivity contribution < 1.29 is 19.7 Å². The fourth-order valence-electron chi connectivity index (χ4n) is 2.37. The van der Waals surface area contributed by atoms with Gasteiger partial charge < -0.3 is 14.7 Å². The molecule has 0 saturated heterocycles. The van der Waals surface area contributed by atoms with Gasteiger partial charge in [0, 0.05) is 11.8 Å². The number of benzene rings is 1. The highest BCUT2D eigenvalue weighted by Gasteiger charge is 2.23. The Morgan fingerprint density at radius 1 is 1.20 bits per heavy atom. The van der Waals surface area contributed by atoms with Crippen molar-refractivity contribution in [3.05, 3.63) is 44.7 Å². The number of hydrogen-bond acceptors (Lipinski definition) is 8. The number of nitrogens with zero attached hydrogens (tertiary/aromatic N) is 4. The van der Waals surface area contributed by atoms with E-state index in [1.807, 2.05) is 6.92 Å². The molecule has 0 spiro atoms. The van der Waals surface area contributed by atoms with E-state index in [0.29, 0.717) is 5.56 Å². The Morgan fingerprint density at radius 3 is 2.56 bits per heavy atom. The van der Waals surface area contributed by atoms with Gasteiger partial charge in [0.25, 0.3) is 5.89 Å². The second-order valence-corrected chi connectivity index (χ2v) is 5.65. The van der Waals surface area contributed by atoms with Crippen molar-refractivity contribution in [2.24, 2.45) is 0 Å². The van der Waals surface area contributed by atoms with E-state index in [4.69, 9.17) is 16.1 Å². The highest BCUT2D eigenvalue weighted by Crippen LogP contribution is 2.39. The van der Waals surface area contributed by atoms with Crippen molar-refractivity contribution >= 4 is 17.3 Å². The molecule has 0 atom stereocenters. The molecule has 0 amide bonds. The first-order valence-electron chi connectivity index (χ1n) is 6.96. The van der Waals surface area contributed by atoms with Crippen molar-refractivity contribution in [2.75, 3.05) is 0 Å². The topological polar surface area (TPSA) is 135 Å². The van der Waals surface area contributed by atoms with Gasteiger partial charge in [0.1, 0.15) is 5.15 Å². The minimum atomic E-state index is -0.838. The summed E-state index contributed by atoms with van der Waals surface area (Å²) >= 11 is 6.14. The Hall–Kier alpha value is -3.20. The van der Waals surface area contributed by atoms with Crippen LogP contribution in [-0.4, -0.2) is 30.3 Å². The molecule has 0 aliphatic carbocycles. The zero-order chi connectivity index (χ0) is 18.3. The number of phenols is 2. The van der Waals surface area contributed by atoms with Crippen LogP contribution in [0.2, 0.25) is 5.15 Å². The molecule has 0 aliphatic rings. The highest BCUT2D eigenvalue weighted by atomic mass is 35.5. The van der Waals surface area contributed by atoms with Crippen molar-refractivity contribution in [1.82, 2.24) is 15.1 Å². The molecule has 2 N–H and O–H groups in total. The van der Waals surface area contributed by atoms with Crippen molar-refractivity contribution in [1.29, 1.82) is 0 Å². The number of aryl methyl sites for hydroxylation is 2. The van der Waals surface area contributed by atoms with Gasteiger partial charge in [0.2, 0.25) is 11.6 Å². The molecule has 0 bridgehead atoms. The van der Waals surface area contributed by atoms with Crippen LogP contribution in [0, 0.1) is 24.0 Å². The van der Waals surface area contributed by atoms with Gasteiger partial charge in [-0.3, -0.25) is 10.1 Å². The first-order valence-corrected chi connectivity index (χ1v) is 7.34. The molecule has 128 valence electrons. The third kappa shape index (κ3) is 2.96. The first kappa shape index (κ1) is 16.7. The van der Waals surface area contributed by atoms with Crippen LogP contribution in [0.25, 0.3) is 22.8 Å². The standard InChI is InChI=1S/C15H11ClN4O5/c1-6-3-7(2)17-13(16)11(6)14-18-15(25-19-14)8-4-9(20(23)24)12(22)10(21)5-8/h3-5,21-22H,1-2H3. The molecule has 2 aromatic heterocycles. The zero-order valence-electron chi connectivity index (χ0n) is 13.0. The molecule has 3 rings (SSSR count). The lowest BCUT2D eigenvalue weighted by Gasteiger charge is -2.04. The maximum atomic E-state index is 10.9. The summed E-state index contributed by atoms with van der Waals surface area (Å²) in [5.74, 6) is -1.44. The number of hydrogen-bond donors (Lipinski definition) is 2. The third-order valence-corrected chi connectivity index (χ3v) is 3.74. The largest absolute Gasteiger partial charge is 0.504 e. The molecule has 0 radical (unpaired) electrons. The Kier molecular flexibility index (Phi) is 4.01. The Morgan fingerprint density at radius 2 is 1.92 bits per heavy atom. The van der Waals surface area contributed by atoms with Gasteiger partial charge in [-0.25, -0.2) is 4.98 Å². The van der Waals surface area contributed by atoms with Crippen molar-refractivity contribution in [3.63, 3.8) is 0 Å². The van der Waals surface area contributed by atoms with Crippen molar-refractivity contribution in [3.8, 4) is 34.3 Å². The number of aromatic nitrogens is 3. The number of nitro benzene ring substituents is 1. The van der Waals surface area contributed by atoms with E-state index in [1.54, 1.807) is 13.0 Å². The molecule has 0 saturated carbocycles. The molecule has 9 nitrogen and oxygen atoms in total. The van der Waals surface area contributed by atoms with Crippen LogP contribution in [-0.2, 0) is 0 Å². The van der Waals surface area contributed by atoms with Gasteiger partial charge in [-0.15, -0.1) is 0 Å². The lowest BCUT2D eigenvalue weighted by Crippen LogP contribution is -1.93. The predicted molar refractivity (Wildman–Crippen MR) is 87.4 cm³/mol. The number of rotatable bonds is 3. The van der Waals surface area contributed by atoms with Crippen LogP contribution < -0.4 is 0 Å². The summed E-state index contributed by atoms with van der Waals surface area (Å²) in [4.78, 5) is 18.4. The van der Waals surface area contributed by atoms with Crippen molar-refractivity contribution in [2.45, 2.75) is 13.8 Å². The van der Waals surface area contributed by atoms with Crippen LogP contribution in [0.3, 0.4) is 0 Å². The van der Waals surface area contributed by atoms with Crippen LogP contribution in [0.15, 0.2) is 22.7 Å². The van der Waals surface area contributed by atoms with Gasteiger partial charge in [0.15, 0.2) is 5.75 Å². The van der Waals surface area contributed by atoms with E-state index < -0.39 is 22.1 Å². The molecule has 2 heterocycles. The first-order chi connectivity index (χ1) is 11.8. The average molecular weight is 363 g/mol. The Balaban J connectivity index is 2.11. The minimum Gasteiger partial charge on any atom is -0.504 e. The summed E-state index contributed by atoms with van der Waals surface area (Å²) < 4.78 is 5.11. The molecule has 0 fully saturated rings. The van der Waals surface area contributed by atoms with E-state index in [1.165, 1.54) is 0 Å². The minimum absolute atomic E-state index is 0.0783. The van der Waals surface area contributed by atoms with Gasteiger partial charge in [0.05, 0.1) is 16.1 Å². The van der Waals surface area contributed by atoms with Crippen LogP contribution >= 0.6 is 11.6 Å². The van der Waals surface area contributed by atoms with E-state index in [0.717, 1.165) is 23.4 Å². The monoisotopic (exact) mass is 362 g/mol. The van der Waals surface area contributed by atoms with Gasteiger partial charge in [-0.1, -0.05) is 16.8 Å². The molecule has 0 aliphatic heterocycles. The molecule has 1 aromatic carbocycles. The predicted octanol–water partition coefficient (Wildman–Crippen LogP) is 3.39. The van der Waals surface area contributed by atoms with Gasteiger partial charge in [-0.2, -0.15) is 4.98 Å². The normalized spacial score (nSPS) is 10.8. The second kappa shape index (κ2) is 6.02. The van der Waals surface area contributed by atoms with E-state index in [9.17, 15) is 20.3 Å². The third-order valence-electron chi connectivity index (χ3n) is 3.46. The molecule has 10 heteroatoms. The number of aromatic hydroxyl groups is 2. The van der Waals surface area contributed by atoms with E-state index in [2.05, 4.69) is 15.1 Å². The fraction of sp³-hybridized carbons (Fsp3) is 0.133. The van der Waals surface area contributed by atoms with Crippen LogP contribution in [0.4, 0.5) is 5.69 Å². The summed E-state index contributed by atoms with van der Waals surface area (Å²) in [7, 11) is 0. The number of halogens is 1. The van der Waals surface area contributed by atoms with E-state index >= 15 is 0 Å². The smallest absolute Gasteiger partial charge is 0.315 e. The molecule has 25 heavy (non-hydrogen) atoms. The SMILES string of the molecule is Cc1cc(C)c(-c2noc(-c3cc(O)c(O)c([N+](=O)[O-])c3)n2)c(Cl)n1. The van der Waals surface area contributed by atoms with Crippen LogP contribution in [0.1, 0.15) is 11.3 Å². The number of nitro groups is 1. The van der Waals surface area contributed by atoms with E-state index in [-0.39, 0.29) is 22.4 Å². The summed E-state index contributed by atoms with van der Waals surface area (Å²) in [6, 6.07) is 3.91. The summed E-state index contributed by atoms with van der Waals surface area (Å²) in [6.45, 7) is 3.60. The fourth-order valence-corrected chi connectivity index (χ4v) is 2.74. The van der Waals surface area contributed by atoms with Gasteiger partial charge >= 0.3 is 5.69 Å². The molecule has 0 unspecified atom stereocenters. The average Bonchev–Trinajstić information content (AvgIpc) is 2.98.